The van der Waals surface area contributed by atoms with Gasteiger partial charge in [0.25, 0.3) is 5.91 Å². The highest BCUT2D eigenvalue weighted by molar-refractivity contribution is 7.99. The molecular weight excluding hydrogens is 304 g/mol. The Labute approximate surface area is 133 Å². The summed E-state index contributed by atoms with van der Waals surface area (Å²) in [6.07, 6.45) is 0. The van der Waals surface area contributed by atoms with Crippen LogP contribution in [0.5, 0.6) is 0 Å². The zero-order chi connectivity index (χ0) is 15.0. The van der Waals surface area contributed by atoms with Crippen molar-refractivity contribution in [2.45, 2.75) is 11.8 Å². The molecule has 21 heavy (non-hydrogen) atoms. The third-order valence-corrected chi connectivity index (χ3v) is 4.96. The van der Waals surface area contributed by atoms with Crippen LogP contribution in [0.1, 0.15) is 15.9 Å². The standard InChI is InChI=1S/C16H15ClN2OS/c1-10-8-11(2-4-13(10)17)16(20)19-6-7-21-15-5-3-12(18)9-14(15)19/h2-5,8-9H,6-7,18H2,1H3. The minimum absolute atomic E-state index is 0.0121. The average Bonchev–Trinajstić information content (AvgIpc) is 2.48. The summed E-state index contributed by atoms with van der Waals surface area (Å²) in [6.45, 7) is 2.58. The van der Waals surface area contributed by atoms with Crippen LogP contribution >= 0.6 is 23.4 Å². The zero-order valence-electron chi connectivity index (χ0n) is 11.6. The number of hydrogen-bond acceptors (Lipinski definition) is 3. The quantitative estimate of drug-likeness (QED) is 0.809. The number of benzene rings is 2. The van der Waals surface area contributed by atoms with E-state index in [9.17, 15) is 4.79 Å². The van der Waals surface area contributed by atoms with Crippen molar-refractivity contribution in [3.8, 4) is 0 Å². The number of nitrogen functional groups attached to an aromatic ring is 1. The highest BCUT2D eigenvalue weighted by Crippen LogP contribution is 2.36. The Bertz CT molecular complexity index is 717. The normalized spacial score (nSPS) is 13.9. The summed E-state index contributed by atoms with van der Waals surface area (Å²) < 4.78 is 0. The molecule has 0 saturated carbocycles. The van der Waals surface area contributed by atoms with Gasteiger partial charge >= 0.3 is 0 Å². The molecule has 0 aromatic heterocycles. The van der Waals surface area contributed by atoms with E-state index < -0.39 is 0 Å². The first-order valence-corrected chi connectivity index (χ1v) is 8.03. The van der Waals surface area contributed by atoms with E-state index in [0.717, 1.165) is 21.9 Å². The number of halogens is 1. The molecule has 0 aliphatic carbocycles. The van der Waals surface area contributed by atoms with Crippen molar-refractivity contribution < 1.29 is 4.79 Å². The lowest BCUT2D eigenvalue weighted by atomic mass is 10.1. The molecule has 2 N–H and O–H groups in total. The van der Waals surface area contributed by atoms with Gasteiger partial charge in [0.05, 0.1) is 5.69 Å². The SMILES string of the molecule is Cc1cc(C(=O)N2CCSc3ccc(N)cc32)ccc1Cl. The summed E-state index contributed by atoms with van der Waals surface area (Å²) in [5, 5.41) is 0.672. The molecule has 1 amide bonds. The number of aryl methyl sites for hydroxylation is 1. The Hall–Kier alpha value is -1.65. The molecule has 2 aromatic carbocycles. The Balaban J connectivity index is 1.99. The number of amides is 1. The number of hydrogen-bond donors (Lipinski definition) is 1. The van der Waals surface area contributed by atoms with Crippen molar-refractivity contribution in [3.63, 3.8) is 0 Å². The minimum Gasteiger partial charge on any atom is -0.399 e. The lowest BCUT2D eigenvalue weighted by Crippen LogP contribution is -2.35. The van der Waals surface area contributed by atoms with E-state index >= 15 is 0 Å². The van der Waals surface area contributed by atoms with E-state index in [2.05, 4.69) is 0 Å². The fraction of sp³-hybridized carbons (Fsp3) is 0.188. The molecule has 0 spiro atoms. The zero-order valence-corrected chi connectivity index (χ0v) is 13.2. The predicted octanol–water partition coefficient (Wildman–Crippen LogP) is 3.98. The number of rotatable bonds is 1. The second-order valence-corrected chi connectivity index (χ2v) is 6.54. The summed E-state index contributed by atoms with van der Waals surface area (Å²) in [7, 11) is 0. The fourth-order valence-corrected chi connectivity index (χ4v) is 3.47. The van der Waals surface area contributed by atoms with E-state index in [1.54, 1.807) is 28.8 Å². The highest BCUT2D eigenvalue weighted by Gasteiger charge is 2.24. The number of anilines is 2. The molecule has 2 aromatic rings. The number of thioether (sulfide) groups is 1. The number of nitrogens with two attached hydrogens (primary N) is 1. The Kier molecular flexibility index (Phi) is 3.83. The van der Waals surface area contributed by atoms with E-state index in [4.69, 9.17) is 17.3 Å². The van der Waals surface area contributed by atoms with Crippen molar-refractivity contribution in [3.05, 3.63) is 52.5 Å². The molecule has 1 heterocycles. The van der Waals surface area contributed by atoms with Crippen LogP contribution in [-0.4, -0.2) is 18.2 Å². The summed E-state index contributed by atoms with van der Waals surface area (Å²) in [5.74, 6) is 0.872. The number of carbonyl (C=O) groups is 1. The third kappa shape index (κ3) is 2.74. The van der Waals surface area contributed by atoms with E-state index in [-0.39, 0.29) is 5.91 Å². The smallest absolute Gasteiger partial charge is 0.258 e. The fourth-order valence-electron chi connectivity index (χ4n) is 2.38. The van der Waals surface area contributed by atoms with Crippen molar-refractivity contribution in [2.75, 3.05) is 22.9 Å². The van der Waals surface area contributed by atoms with Gasteiger partial charge < -0.3 is 10.6 Å². The monoisotopic (exact) mass is 318 g/mol. The maximum atomic E-state index is 12.8. The second-order valence-electron chi connectivity index (χ2n) is 5.00. The number of fused-ring (bicyclic) bond motifs is 1. The molecule has 0 radical (unpaired) electrons. The van der Waals surface area contributed by atoms with Gasteiger partial charge in [-0.05, 0) is 48.9 Å². The van der Waals surface area contributed by atoms with Gasteiger partial charge in [-0.1, -0.05) is 11.6 Å². The summed E-state index contributed by atoms with van der Waals surface area (Å²) in [6, 6.07) is 11.1. The average molecular weight is 319 g/mol. The van der Waals surface area contributed by atoms with Crippen LogP contribution in [0.25, 0.3) is 0 Å². The van der Waals surface area contributed by atoms with Gasteiger partial charge in [-0.2, -0.15) is 0 Å². The molecule has 5 heteroatoms. The highest BCUT2D eigenvalue weighted by atomic mass is 35.5. The second kappa shape index (κ2) is 5.62. The molecule has 1 aliphatic rings. The van der Waals surface area contributed by atoms with Crippen molar-refractivity contribution in [1.29, 1.82) is 0 Å². The molecule has 0 atom stereocenters. The van der Waals surface area contributed by atoms with Gasteiger partial charge in [0, 0.05) is 33.5 Å². The molecular formula is C16H15ClN2OS. The van der Waals surface area contributed by atoms with Gasteiger partial charge in [0.2, 0.25) is 0 Å². The van der Waals surface area contributed by atoms with Crippen LogP contribution in [0.15, 0.2) is 41.3 Å². The number of nitrogens with zero attached hydrogens (tertiary/aromatic N) is 1. The van der Waals surface area contributed by atoms with E-state index in [1.165, 1.54) is 0 Å². The van der Waals surface area contributed by atoms with Gasteiger partial charge in [-0.25, -0.2) is 0 Å². The number of carbonyl (C=O) groups excluding carboxylic acids is 1. The molecule has 1 aliphatic heterocycles. The van der Waals surface area contributed by atoms with E-state index in [0.29, 0.717) is 22.8 Å². The maximum Gasteiger partial charge on any atom is 0.258 e. The van der Waals surface area contributed by atoms with Crippen LogP contribution in [0, 0.1) is 6.92 Å². The Morgan fingerprint density at radius 3 is 2.86 bits per heavy atom. The van der Waals surface area contributed by atoms with Crippen LogP contribution in [0.2, 0.25) is 5.02 Å². The molecule has 3 rings (SSSR count). The molecule has 108 valence electrons. The van der Waals surface area contributed by atoms with Crippen LogP contribution in [0.3, 0.4) is 0 Å². The minimum atomic E-state index is -0.0121. The molecule has 0 unspecified atom stereocenters. The van der Waals surface area contributed by atoms with Crippen molar-refractivity contribution in [2.24, 2.45) is 0 Å². The predicted molar refractivity (Wildman–Crippen MR) is 89.4 cm³/mol. The Morgan fingerprint density at radius 2 is 2.10 bits per heavy atom. The van der Waals surface area contributed by atoms with Crippen molar-refractivity contribution in [1.82, 2.24) is 0 Å². The maximum absolute atomic E-state index is 12.8. The van der Waals surface area contributed by atoms with Crippen molar-refractivity contribution >= 4 is 40.6 Å². The van der Waals surface area contributed by atoms with Crippen LogP contribution < -0.4 is 10.6 Å². The Morgan fingerprint density at radius 1 is 1.29 bits per heavy atom. The molecule has 3 nitrogen and oxygen atoms in total. The molecule has 0 saturated heterocycles. The van der Waals surface area contributed by atoms with Crippen LogP contribution in [-0.2, 0) is 0 Å². The molecule has 0 fully saturated rings. The van der Waals surface area contributed by atoms with Crippen LogP contribution in [0.4, 0.5) is 11.4 Å². The lowest BCUT2D eigenvalue weighted by molar-refractivity contribution is 0.0987. The summed E-state index contributed by atoms with van der Waals surface area (Å²) >= 11 is 7.78. The molecule has 0 bridgehead atoms. The largest absolute Gasteiger partial charge is 0.399 e. The van der Waals surface area contributed by atoms with Gasteiger partial charge in [0.15, 0.2) is 0 Å². The third-order valence-electron chi connectivity index (χ3n) is 3.50. The van der Waals surface area contributed by atoms with Gasteiger partial charge in [-0.15, -0.1) is 11.8 Å². The van der Waals surface area contributed by atoms with E-state index in [1.807, 2.05) is 31.2 Å². The van der Waals surface area contributed by atoms with Gasteiger partial charge in [0.1, 0.15) is 0 Å². The first-order chi connectivity index (χ1) is 10.1. The first-order valence-electron chi connectivity index (χ1n) is 6.66. The summed E-state index contributed by atoms with van der Waals surface area (Å²) in [5.41, 5.74) is 8.98. The van der Waals surface area contributed by atoms with Gasteiger partial charge in [-0.3, -0.25) is 4.79 Å². The summed E-state index contributed by atoms with van der Waals surface area (Å²) in [4.78, 5) is 15.7. The topological polar surface area (TPSA) is 46.3 Å². The first kappa shape index (κ1) is 14.3. The lowest BCUT2D eigenvalue weighted by Gasteiger charge is -2.29.